The smallest absolute Gasteiger partial charge is 0.309 e. The van der Waals surface area contributed by atoms with E-state index in [1.807, 2.05) is 0 Å². The van der Waals surface area contributed by atoms with Gasteiger partial charge in [-0.2, -0.15) is 0 Å². The zero-order valence-corrected chi connectivity index (χ0v) is 11.3. The first kappa shape index (κ1) is 11.8. The van der Waals surface area contributed by atoms with Crippen molar-refractivity contribution in [2.75, 3.05) is 0 Å². The third-order valence-corrected chi connectivity index (χ3v) is 4.38. The average molecular weight is 244 g/mol. The van der Waals surface area contributed by atoms with Gasteiger partial charge in [0, 0.05) is 6.42 Å². The molecule has 2 fully saturated rings. The van der Waals surface area contributed by atoms with Crippen molar-refractivity contribution in [1.82, 2.24) is 0 Å². The summed E-state index contributed by atoms with van der Waals surface area (Å²) in [5.41, 5.74) is 2.35. The van der Waals surface area contributed by atoms with Crippen molar-refractivity contribution in [3.05, 3.63) is 35.4 Å². The number of carbonyl (C=O) groups excluding carboxylic acids is 1. The summed E-state index contributed by atoms with van der Waals surface area (Å²) in [5.74, 6) is 0.147. The highest BCUT2D eigenvalue weighted by Gasteiger charge is 2.53. The van der Waals surface area contributed by atoms with Gasteiger partial charge in [0.1, 0.15) is 5.60 Å². The van der Waals surface area contributed by atoms with Crippen molar-refractivity contribution in [2.45, 2.75) is 51.0 Å². The molecule has 1 heterocycles. The van der Waals surface area contributed by atoms with Crippen molar-refractivity contribution in [3.63, 3.8) is 0 Å². The second-order valence-corrected chi connectivity index (χ2v) is 6.68. The van der Waals surface area contributed by atoms with Gasteiger partial charge >= 0.3 is 5.97 Å². The molecule has 2 bridgehead atoms. The van der Waals surface area contributed by atoms with E-state index in [0.717, 1.165) is 19.3 Å². The summed E-state index contributed by atoms with van der Waals surface area (Å²) in [4.78, 5) is 11.6. The Morgan fingerprint density at radius 2 is 1.89 bits per heavy atom. The van der Waals surface area contributed by atoms with Crippen LogP contribution in [0.15, 0.2) is 24.3 Å². The number of rotatable bonds is 1. The molecule has 2 atom stereocenters. The van der Waals surface area contributed by atoms with Crippen LogP contribution in [0, 0.1) is 5.92 Å². The molecule has 2 heteroatoms. The normalized spacial score (nSPS) is 30.6. The van der Waals surface area contributed by atoms with E-state index in [1.165, 1.54) is 11.1 Å². The molecule has 1 aliphatic heterocycles. The number of carbonyl (C=O) groups is 1. The van der Waals surface area contributed by atoms with Gasteiger partial charge in [0.2, 0.25) is 0 Å². The molecular weight excluding hydrogens is 224 g/mol. The van der Waals surface area contributed by atoms with Crippen LogP contribution in [0.3, 0.4) is 0 Å². The molecule has 0 spiro atoms. The monoisotopic (exact) mass is 244 g/mol. The molecule has 1 saturated carbocycles. The fraction of sp³-hybridized carbons (Fsp3) is 0.562. The molecule has 3 rings (SSSR count). The van der Waals surface area contributed by atoms with Crippen molar-refractivity contribution in [1.29, 1.82) is 0 Å². The van der Waals surface area contributed by atoms with Crippen LogP contribution in [0.4, 0.5) is 0 Å². The van der Waals surface area contributed by atoms with Gasteiger partial charge in [-0.25, -0.2) is 0 Å². The maximum Gasteiger partial charge on any atom is 0.309 e. The van der Waals surface area contributed by atoms with Crippen molar-refractivity contribution >= 4 is 5.97 Å². The lowest BCUT2D eigenvalue weighted by Crippen LogP contribution is -2.26. The van der Waals surface area contributed by atoms with E-state index in [9.17, 15) is 4.79 Å². The largest absolute Gasteiger partial charge is 0.454 e. The first-order chi connectivity index (χ1) is 8.41. The molecule has 1 aromatic carbocycles. The first-order valence-corrected chi connectivity index (χ1v) is 6.75. The fourth-order valence-electron chi connectivity index (χ4n) is 3.17. The highest BCUT2D eigenvalue weighted by molar-refractivity contribution is 5.77. The zero-order chi connectivity index (χ0) is 13.0. The predicted molar refractivity (Wildman–Crippen MR) is 70.3 cm³/mol. The van der Waals surface area contributed by atoms with Crippen LogP contribution in [0.1, 0.15) is 51.2 Å². The maximum atomic E-state index is 11.6. The molecule has 0 unspecified atom stereocenters. The Morgan fingerprint density at radius 1 is 1.22 bits per heavy atom. The van der Waals surface area contributed by atoms with Gasteiger partial charge in [-0.3, -0.25) is 4.79 Å². The Kier molecular flexibility index (Phi) is 2.35. The number of benzene rings is 1. The molecule has 0 radical (unpaired) electrons. The van der Waals surface area contributed by atoms with Crippen LogP contribution in [-0.4, -0.2) is 5.97 Å². The molecule has 0 aromatic heterocycles. The zero-order valence-electron chi connectivity index (χ0n) is 11.3. The van der Waals surface area contributed by atoms with E-state index >= 15 is 0 Å². The number of esters is 1. The molecule has 0 N–H and O–H groups in total. The highest BCUT2D eigenvalue weighted by atomic mass is 16.6. The van der Waals surface area contributed by atoms with E-state index in [-0.39, 0.29) is 22.9 Å². The summed E-state index contributed by atoms with van der Waals surface area (Å²) in [5, 5.41) is 0. The van der Waals surface area contributed by atoms with Crippen LogP contribution in [0.5, 0.6) is 0 Å². The van der Waals surface area contributed by atoms with Gasteiger partial charge in [-0.1, -0.05) is 45.0 Å². The Hall–Kier alpha value is -1.31. The van der Waals surface area contributed by atoms with Gasteiger partial charge in [0.25, 0.3) is 0 Å². The molecule has 2 aliphatic rings. The predicted octanol–water partition coefficient (Wildman–Crippen LogP) is 3.54. The van der Waals surface area contributed by atoms with Crippen molar-refractivity contribution in [3.8, 4) is 0 Å². The Morgan fingerprint density at radius 3 is 2.33 bits per heavy atom. The highest BCUT2D eigenvalue weighted by Crippen LogP contribution is 2.51. The van der Waals surface area contributed by atoms with Gasteiger partial charge in [-0.05, 0) is 29.4 Å². The number of fused-ring (bicyclic) bond motifs is 2. The molecule has 18 heavy (non-hydrogen) atoms. The molecule has 1 saturated heterocycles. The Bertz CT molecular complexity index is 481. The second-order valence-electron chi connectivity index (χ2n) is 6.68. The van der Waals surface area contributed by atoms with Crippen LogP contribution >= 0.6 is 0 Å². The number of hydrogen-bond acceptors (Lipinski definition) is 2. The van der Waals surface area contributed by atoms with Crippen LogP contribution in [0.2, 0.25) is 0 Å². The fourth-order valence-corrected chi connectivity index (χ4v) is 3.17. The number of ether oxygens (including phenoxy) is 1. The Balaban J connectivity index is 1.92. The summed E-state index contributed by atoms with van der Waals surface area (Å²) >= 11 is 0. The summed E-state index contributed by atoms with van der Waals surface area (Å²) < 4.78 is 5.62. The lowest BCUT2D eigenvalue weighted by molar-refractivity contribution is -0.156. The molecular formula is C16H20O2. The second kappa shape index (κ2) is 3.59. The quantitative estimate of drug-likeness (QED) is 0.706. The van der Waals surface area contributed by atoms with Crippen molar-refractivity contribution < 1.29 is 9.53 Å². The minimum atomic E-state index is -0.307. The Labute approximate surface area is 108 Å². The van der Waals surface area contributed by atoms with Crippen molar-refractivity contribution in [2.24, 2.45) is 5.92 Å². The maximum absolute atomic E-state index is 11.6. The average Bonchev–Trinajstić information content (AvgIpc) is 2.86. The summed E-state index contributed by atoms with van der Waals surface area (Å²) in [7, 11) is 0. The summed E-state index contributed by atoms with van der Waals surface area (Å²) in [6.07, 6.45) is 2.85. The first-order valence-electron chi connectivity index (χ1n) is 6.75. The van der Waals surface area contributed by atoms with Gasteiger partial charge in [-0.15, -0.1) is 0 Å². The van der Waals surface area contributed by atoms with E-state index in [2.05, 4.69) is 45.0 Å². The third kappa shape index (κ3) is 1.66. The summed E-state index contributed by atoms with van der Waals surface area (Å²) in [6, 6.07) is 8.62. The van der Waals surface area contributed by atoms with Gasteiger partial charge in [0.05, 0.1) is 5.92 Å². The van der Waals surface area contributed by atoms with Gasteiger partial charge in [0.15, 0.2) is 0 Å². The van der Waals surface area contributed by atoms with Crippen LogP contribution < -0.4 is 0 Å². The third-order valence-electron chi connectivity index (χ3n) is 4.38. The van der Waals surface area contributed by atoms with E-state index in [4.69, 9.17) is 4.74 Å². The van der Waals surface area contributed by atoms with Crippen LogP contribution in [-0.2, 0) is 20.5 Å². The lowest BCUT2D eigenvalue weighted by Gasteiger charge is -2.28. The van der Waals surface area contributed by atoms with E-state index in [0.29, 0.717) is 0 Å². The molecule has 1 aliphatic carbocycles. The van der Waals surface area contributed by atoms with Crippen LogP contribution in [0.25, 0.3) is 0 Å². The molecule has 1 aromatic rings. The van der Waals surface area contributed by atoms with E-state index < -0.39 is 0 Å². The molecule has 2 nitrogen and oxygen atoms in total. The minimum Gasteiger partial charge on any atom is -0.454 e. The van der Waals surface area contributed by atoms with Gasteiger partial charge < -0.3 is 4.74 Å². The van der Waals surface area contributed by atoms with E-state index in [1.54, 1.807) is 0 Å². The standard InChI is InChI=1S/C16H20O2/c1-15(2,3)12-4-6-13(7-5-12)16-9-8-11(10-16)14(17)18-16/h4-7,11H,8-10H2,1-3H3/t11-,16+/m0/s1. The molecule has 0 amide bonds. The topological polar surface area (TPSA) is 26.3 Å². The number of hydrogen-bond donors (Lipinski definition) is 0. The SMILES string of the molecule is CC(C)(C)c1ccc([C@@]23CC[C@@H](C2)C(=O)O3)cc1. The minimum absolute atomic E-state index is 0.00106. The molecule has 96 valence electrons. The summed E-state index contributed by atoms with van der Waals surface area (Å²) in [6.45, 7) is 6.63. The lowest BCUT2D eigenvalue weighted by atomic mass is 9.84.